The van der Waals surface area contributed by atoms with E-state index in [1.807, 2.05) is 6.92 Å². The third-order valence-corrected chi connectivity index (χ3v) is 3.26. The van der Waals surface area contributed by atoms with E-state index in [4.69, 9.17) is 28.9 Å². The van der Waals surface area contributed by atoms with Crippen molar-refractivity contribution in [1.82, 2.24) is 15.0 Å². The van der Waals surface area contributed by atoms with Crippen LogP contribution < -0.4 is 5.73 Å². The Morgan fingerprint density at radius 2 is 1.89 bits per heavy atom. The van der Waals surface area contributed by atoms with Crippen LogP contribution in [0.25, 0.3) is 11.5 Å². The molecule has 0 fully saturated rings. The van der Waals surface area contributed by atoms with Crippen LogP contribution in [-0.4, -0.2) is 15.0 Å². The average molecular weight is 297 g/mol. The molecule has 6 heteroatoms. The first kappa shape index (κ1) is 14.0. The van der Waals surface area contributed by atoms with E-state index in [1.54, 1.807) is 6.07 Å². The average Bonchev–Trinajstić information content (AvgIpc) is 2.26. The zero-order chi connectivity index (χ0) is 14.2. The van der Waals surface area contributed by atoms with Crippen molar-refractivity contribution in [2.45, 2.75) is 26.7 Å². The quantitative estimate of drug-likeness (QED) is 0.914. The Labute approximate surface area is 122 Å². The Morgan fingerprint density at radius 3 is 2.42 bits per heavy atom. The van der Waals surface area contributed by atoms with Gasteiger partial charge in [-0.3, -0.25) is 0 Å². The number of aromatic nitrogens is 3. The molecule has 2 heterocycles. The molecular formula is C13H14Cl2N4. The molecule has 0 aliphatic carbocycles. The van der Waals surface area contributed by atoms with Crippen LogP contribution in [0.15, 0.2) is 12.3 Å². The summed E-state index contributed by atoms with van der Waals surface area (Å²) < 4.78 is 0. The van der Waals surface area contributed by atoms with Crippen molar-refractivity contribution in [1.29, 1.82) is 0 Å². The van der Waals surface area contributed by atoms with Gasteiger partial charge in [0.2, 0.25) is 0 Å². The van der Waals surface area contributed by atoms with Crippen LogP contribution in [0.4, 0.5) is 5.82 Å². The van der Waals surface area contributed by atoms with Gasteiger partial charge in [-0.1, -0.05) is 37.0 Å². The van der Waals surface area contributed by atoms with Gasteiger partial charge in [0.05, 0.1) is 10.0 Å². The second kappa shape index (κ2) is 5.31. The highest BCUT2D eigenvalue weighted by Gasteiger charge is 2.16. The molecule has 0 atom stereocenters. The third-order valence-electron chi connectivity index (χ3n) is 2.76. The van der Waals surface area contributed by atoms with Gasteiger partial charge in [0.25, 0.3) is 0 Å². The maximum Gasteiger partial charge on any atom is 0.181 e. The Kier molecular flexibility index (Phi) is 3.92. The minimum absolute atomic E-state index is 0.266. The summed E-state index contributed by atoms with van der Waals surface area (Å²) in [6.45, 7) is 6.01. The molecule has 0 amide bonds. The van der Waals surface area contributed by atoms with E-state index in [9.17, 15) is 0 Å². The fourth-order valence-corrected chi connectivity index (χ4v) is 2.47. The van der Waals surface area contributed by atoms with Gasteiger partial charge in [-0.15, -0.1) is 0 Å². The number of nitrogen functional groups attached to an aromatic ring is 1. The fourth-order valence-electron chi connectivity index (χ4n) is 2.00. The van der Waals surface area contributed by atoms with Crippen molar-refractivity contribution in [3.63, 3.8) is 0 Å². The molecular weight excluding hydrogens is 283 g/mol. The Hall–Kier alpha value is -1.39. The van der Waals surface area contributed by atoms with Gasteiger partial charge in [0, 0.05) is 17.5 Å². The molecule has 2 rings (SSSR count). The lowest BCUT2D eigenvalue weighted by Gasteiger charge is -2.13. The topological polar surface area (TPSA) is 64.7 Å². The first-order valence-electron chi connectivity index (χ1n) is 5.85. The van der Waals surface area contributed by atoms with Crippen molar-refractivity contribution >= 4 is 29.0 Å². The molecule has 100 valence electrons. The summed E-state index contributed by atoms with van der Waals surface area (Å²) in [6.07, 6.45) is 1.51. The standard InChI is InChI=1S/C13H14Cl2N4/c1-6(2)10-7(3)18-13(19-12(10)16)11-9(15)4-8(14)5-17-11/h4-6H,1-3H3,(H2,16,18,19). The second-order valence-corrected chi connectivity index (χ2v) is 5.41. The molecule has 0 unspecified atom stereocenters. The molecule has 2 aromatic heterocycles. The van der Waals surface area contributed by atoms with E-state index in [2.05, 4.69) is 28.8 Å². The lowest BCUT2D eigenvalue weighted by Crippen LogP contribution is -2.07. The second-order valence-electron chi connectivity index (χ2n) is 4.57. The summed E-state index contributed by atoms with van der Waals surface area (Å²) in [5.74, 6) is 1.15. The number of halogens is 2. The van der Waals surface area contributed by atoms with Gasteiger partial charge in [0.15, 0.2) is 5.82 Å². The summed E-state index contributed by atoms with van der Waals surface area (Å²) in [4.78, 5) is 12.9. The molecule has 0 spiro atoms. The monoisotopic (exact) mass is 296 g/mol. The van der Waals surface area contributed by atoms with Crippen LogP contribution in [0.3, 0.4) is 0 Å². The van der Waals surface area contributed by atoms with Crippen LogP contribution >= 0.6 is 23.2 Å². The molecule has 4 nitrogen and oxygen atoms in total. The Morgan fingerprint density at radius 1 is 1.21 bits per heavy atom. The highest BCUT2D eigenvalue weighted by atomic mass is 35.5. The van der Waals surface area contributed by atoms with E-state index in [0.717, 1.165) is 11.3 Å². The van der Waals surface area contributed by atoms with Crippen LogP contribution in [0.5, 0.6) is 0 Å². The van der Waals surface area contributed by atoms with E-state index in [1.165, 1.54) is 6.20 Å². The summed E-state index contributed by atoms with van der Waals surface area (Å²) >= 11 is 11.9. The summed E-state index contributed by atoms with van der Waals surface area (Å²) in [5, 5.41) is 0.876. The third kappa shape index (κ3) is 2.80. The normalized spacial score (nSPS) is 11.1. The number of hydrogen-bond donors (Lipinski definition) is 1. The smallest absolute Gasteiger partial charge is 0.181 e. The molecule has 0 saturated carbocycles. The molecule has 2 aromatic rings. The van der Waals surface area contributed by atoms with Crippen molar-refractivity contribution in [2.24, 2.45) is 0 Å². The summed E-state index contributed by atoms with van der Waals surface area (Å²) in [6, 6.07) is 1.61. The van der Waals surface area contributed by atoms with Gasteiger partial charge in [-0.05, 0) is 18.9 Å². The maximum absolute atomic E-state index is 6.10. The summed E-state index contributed by atoms with van der Waals surface area (Å²) in [7, 11) is 0. The van der Waals surface area contributed by atoms with Gasteiger partial charge < -0.3 is 5.73 Å². The number of anilines is 1. The number of nitrogens with two attached hydrogens (primary N) is 1. The van der Waals surface area contributed by atoms with Crippen LogP contribution in [0.1, 0.15) is 31.0 Å². The molecule has 0 aliphatic heterocycles. The van der Waals surface area contributed by atoms with Crippen molar-refractivity contribution in [2.75, 3.05) is 5.73 Å². The lowest BCUT2D eigenvalue weighted by atomic mass is 10.0. The molecule has 0 aliphatic rings. The van der Waals surface area contributed by atoms with E-state index >= 15 is 0 Å². The van der Waals surface area contributed by atoms with Gasteiger partial charge in [-0.2, -0.15) is 0 Å². The number of rotatable bonds is 2. The summed E-state index contributed by atoms with van der Waals surface area (Å²) in [5.41, 5.74) is 8.27. The number of hydrogen-bond acceptors (Lipinski definition) is 4. The minimum atomic E-state index is 0.266. The van der Waals surface area contributed by atoms with Crippen molar-refractivity contribution < 1.29 is 0 Å². The zero-order valence-electron chi connectivity index (χ0n) is 10.9. The molecule has 0 aromatic carbocycles. The van der Waals surface area contributed by atoms with Crippen LogP contribution in [0.2, 0.25) is 10.0 Å². The van der Waals surface area contributed by atoms with E-state index < -0.39 is 0 Å². The zero-order valence-corrected chi connectivity index (χ0v) is 12.4. The largest absolute Gasteiger partial charge is 0.383 e. The first-order chi connectivity index (χ1) is 8.90. The van der Waals surface area contributed by atoms with Crippen molar-refractivity contribution in [3.8, 4) is 11.5 Å². The highest BCUT2D eigenvalue weighted by molar-refractivity contribution is 6.35. The maximum atomic E-state index is 6.10. The predicted octanol–water partition coefficient (Wildman–Crippen LogP) is 3.86. The van der Waals surface area contributed by atoms with Crippen LogP contribution in [0, 0.1) is 6.92 Å². The molecule has 0 saturated heterocycles. The highest BCUT2D eigenvalue weighted by Crippen LogP contribution is 2.29. The SMILES string of the molecule is Cc1nc(-c2ncc(Cl)cc2Cl)nc(N)c1C(C)C. The number of aryl methyl sites for hydroxylation is 1. The van der Waals surface area contributed by atoms with Gasteiger partial charge in [0.1, 0.15) is 11.5 Å². The number of pyridine rings is 1. The lowest BCUT2D eigenvalue weighted by molar-refractivity contribution is 0.835. The van der Waals surface area contributed by atoms with Crippen LogP contribution in [-0.2, 0) is 0 Å². The van der Waals surface area contributed by atoms with E-state index in [-0.39, 0.29) is 5.92 Å². The molecule has 0 bridgehead atoms. The van der Waals surface area contributed by atoms with Crippen molar-refractivity contribution in [3.05, 3.63) is 33.6 Å². The molecule has 2 N–H and O–H groups in total. The Balaban J connectivity index is 2.58. The molecule has 19 heavy (non-hydrogen) atoms. The predicted molar refractivity (Wildman–Crippen MR) is 78.5 cm³/mol. The first-order valence-corrected chi connectivity index (χ1v) is 6.61. The minimum Gasteiger partial charge on any atom is -0.383 e. The Bertz CT molecular complexity index is 603. The van der Waals surface area contributed by atoms with E-state index in [0.29, 0.717) is 27.4 Å². The van der Waals surface area contributed by atoms with Gasteiger partial charge >= 0.3 is 0 Å². The number of nitrogens with zero attached hydrogens (tertiary/aromatic N) is 3. The van der Waals surface area contributed by atoms with Gasteiger partial charge in [-0.25, -0.2) is 15.0 Å². The fraction of sp³-hybridized carbons (Fsp3) is 0.308. The molecule has 0 radical (unpaired) electrons.